The third-order valence-corrected chi connectivity index (χ3v) is 11.2. The van der Waals surface area contributed by atoms with Crippen LogP contribution >= 0.6 is 0 Å². The molecule has 11 heteroatoms. The van der Waals surface area contributed by atoms with Gasteiger partial charge in [-0.25, -0.2) is 17.2 Å². The molecule has 45 heavy (non-hydrogen) atoms. The molecule has 4 heterocycles. The first-order valence-electron chi connectivity index (χ1n) is 15.1. The Kier molecular flexibility index (Phi) is 6.23. The van der Waals surface area contributed by atoms with Crippen molar-refractivity contribution in [3.05, 3.63) is 93.5 Å². The maximum Gasteiger partial charge on any atom is 0.410 e. The first kappa shape index (κ1) is 29.3. The molecule has 2 aliphatic heterocycles. The zero-order chi connectivity index (χ0) is 32.2. The van der Waals surface area contributed by atoms with Crippen molar-refractivity contribution in [1.82, 2.24) is 13.4 Å². The minimum absolute atomic E-state index is 0.00497. The average Bonchev–Trinajstić information content (AvgIpc) is 3.51. The number of hydrogen-bond donors (Lipinski definition) is 0. The van der Waals surface area contributed by atoms with Gasteiger partial charge in [0.1, 0.15) is 11.1 Å². The molecule has 1 aliphatic carbocycles. The van der Waals surface area contributed by atoms with Gasteiger partial charge in [-0.1, -0.05) is 35.9 Å². The first-order chi connectivity index (χ1) is 21.1. The molecule has 2 aromatic carbocycles. The van der Waals surface area contributed by atoms with Crippen molar-refractivity contribution >= 4 is 38.6 Å². The average molecular weight is 629 g/mol. The number of anilines is 1. The van der Waals surface area contributed by atoms with Crippen molar-refractivity contribution in [2.45, 2.75) is 61.9 Å². The van der Waals surface area contributed by atoms with Crippen LogP contribution in [0.2, 0.25) is 0 Å². The van der Waals surface area contributed by atoms with Crippen LogP contribution in [0.4, 0.5) is 10.5 Å². The highest BCUT2D eigenvalue weighted by Crippen LogP contribution is 2.66. The molecule has 7 rings (SSSR count). The summed E-state index contributed by atoms with van der Waals surface area (Å²) in [4.78, 5) is 43.7. The van der Waals surface area contributed by atoms with E-state index in [1.807, 2.05) is 31.2 Å². The summed E-state index contributed by atoms with van der Waals surface area (Å²) < 4.78 is 36.9. The van der Waals surface area contributed by atoms with E-state index in [9.17, 15) is 22.8 Å². The Morgan fingerprint density at radius 3 is 2.33 bits per heavy atom. The quantitative estimate of drug-likeness (QED) is 0.326. The van der Waals surface area contributed by atoms with Crippen LogP contribution in [0.25, 0.3) is 10.9 Å². The monoisotopic (exact) mass is 628 g/mol. The molecule has 1 saturated heterocycles. The van der Waals surface area contributed by atoms with Gasteiger partial charge in [0.25, 0.3) is 15.6 Å². The summed E-state index contributed by atoms with van der Waals surface area (Å²) in [7, 11) is -0.835. The van der Waals surface area contributed by atoms with Gasteiger partial charge in [0, 0.05) is 62.0 Å². The number of pyridine rings is 1. The van der Waals surface area contributed by atoms with E-state index in [1.165, 1.54) is 13.4 Å². The molecular weight excluding hydrogens is 592 g/mol. The minimum Gasteiger partial charge on any atom is -0.444 e. The Morgan fingerprint density at radius 1 is 1.00 bits per heavy atom. The van der Waals surface area contributed by atoms with Crippen molar-refractivity contribution in [2.75, 3.05) is 25.0 Å². The summed E-state index contributed by atoms with van der Waals surface area (Å²) in [6.45, 7) is 7.74. The molecule has 2 atom stereocenters. The number of nitrogens with zero attached hydrogens (tertiary/aromatic N) is 4. The lowest BCUT2D eigenvalue weighted by molar-refractivity contribution is -0.120. The van der Waals surface area contributed by atoms with Gasteiger partial charge in [0.2, 0.25) is 5.91 Å². The van der Waals surface area contributed by atoms with Crippen LogP contribution in [0.1, 0.15) is 61.4 Å². The largest absolute Gasteiger partial charge is 0.444 e. The van der Waals surface area contributed by atoms with Crippen LogP contribution in [0, 0.1) is 6.92 Å². The second kappa shape index (κ2) is 9.56. The van der Waals surface area contributed by atoms with Crippen molar-refractivity contribution in [1.29, 1.82) is 0 Å². The molecular formula is C34H36N4O6S. The summed E-state index contributed by atoms with van der Waals surface area (Å²) >= 11 is 0. The topological polar surface area (TPSA) is 111 Å². The van der Waals surface area contributed by atoms with Gasteiger partial charge in [-0.3, -0.25) is 9.59 Å². The maximum absolute atomic E-state index is 14.4. The summed E-state index contributed by atoms with van der Waals surface area (Å²) in [6, 6.07) is 16.1. The number of carbonyl (C=O) groups is 2. The lowest BCUT2D eigenvalue weighted by Gasteiger charge is -2.40. The summed E-state index contributed by atoms with van der Waals surface area (Å²) in [5.74, 6) is -0.596. The fourth-order valence-electron chi connectivity index (χ4n) is 7.06. The highest BCUT2D eigenvalue weighted by atomic mass is 32.2. The Bertz CT molecular complexity index is 2080. The second-order valence-corrected chi connectivity index (χ2v) is 15.4. The molecule has 1 spiro atoms. The number of likely N-dealkylation sites (tertiary alicyclic amines) is 1. The van der Waals surface area contributed by atoms with Crippen molar-refractivity contribution < 1.29 is 22.7 Å². The molecule has 0 unspecified atom stereocenters. The molecule has 2 aromatic heterocycles. The van der Waals surface area contributed by atoms with E-state index in [1.54, 1.807) is 76.3 Å². The van der Waals surface area contributed by atoms with Gasteiger partial charge in [0.15, 0.2) is 0 Å². The number of likely N-dealkylation sites (N-methyl/N-ethyl adjacent to an activating group) is 1. The van der Waals surface area contributed by atoms with Gasteiger partial charge in [-0.2, -0.15) is 0 Å². The Balaban J connectivity index is 1.40. The lowest BCUT2D eigenvalue weighted by atomic mass is 9.91. The van der Waals surface area contributed by atoms with Crippen LogP contribution in [-0.2, 0) is 32.0 Å². The fraction of sp³-hybridized carbons (Fsp3) is 0.382. The second-order valence-electron chi connectivity index (χ2n) is 13.6. The van der Waals surface area contributed by atoms with Crippen LogP contribution in [0.3, 0.4) is 0 Å². The predicted molar refractivity (Wildman–Crippen MR) is 170 cm³/mol. The molecule has 2 amide bonds. The van der Waals surface area contributed by atoms with E-state index in [2.05, 4.69) is 0 Å². The third kappa shape index (κ3) is 4.27. The van der Waals surface area contributed by atoms with E-state index < -0.39 is 32.7 Å². The third-order valence-electron chi connectivity index (χ3n) is 9.43. The Labute approximate surface area is 261 Å². The standard InChI is InChI=1S/C34H36N4O6S/c1-20-11-13-22(14-12-20)45(42,43)38-28(21-17-37(18-21)32(41)44-33(2,3)4)15-23-24(19-35(5)30(39)29(23)38)26-16-34(26)25-9-7-8-10-27(25)36(6)31(34)40/h7-15,19,21,26H,16-18H2,1-6H3/t26-,34-/m0/s1. The van der Waals surface area contributed by atoms with Crippen molar-refractivity contribution in [2.24, 2.45) is 7.05 Å². The molecule has 4 aromatic rings. The summed E-state index contributed by atoms with van der Waals surface area (Å²) in [6.07, 6.45) is 1.84. The van der Waals surface area contributed by atoms with E-state index in [0.717, 1.165) is 22.4 Å². The SMILES string of the molecule is Cc1ccc(S(=O)(=O)n2c(C3CN(C(=O)OC(C)(C)C)C3)cc3c([C@@H]4C[C@@]45C(=O)N(C)c4ccccc45)cn(C)c(=O)c32)cc1. The molecule has 0 N–H and O–H groups in total. The lowest BCUT2D eigenvalue weighted by Crippen LogP contribution is -2.50. The minimum atomic E-state index is -4.22. The van der Waals surface area contributed by atoms with Crippen molar-refractivity contribution in [3.8, 4) is 0 Å². The van der Waals surface area contributed by atoms with Gasteiger partial charge in [-0.05, 0) is 69.5 Å². The number of para-hydroxylation sites is 1. The van der Waals surface area contributed by atoms with Crippen molar-refractivity contribution in [3.63, 3.8) is 0 Å². The van der Waals surface area contributed by atoms with E-state index in [0.29, 0.717) is 17.5 Å². The Morgan fingerprint density at radius 2 is 1.67 bits per heavy atom. The number of amides is 2. The highest BCUT2D eigenvalue weighted by molar-refractivity contribution is 7.90. The molecule has 0 bridgehead atoms. The van der Waals surface area contributed by atoms with Gasteiger partial charge in [0.05, 0.1) is 10.3 Å². The van der Waals surface area contributed by atoms with Crippen LogP contribution < -0.4 is 10.5 Å². The smallest absolute Gasteiger partial charge is 0.410 e. The van der Waals surface area contributed by atoms with Gasteiger partial charge in [-0.15, -0.1) is 0 Å². The number of carbonyl (C=O) groups excluding carboxylic acids is 2. The zero-order valence-electron chi connectivity index (χ0n) is 26.2. The molecule has 10 nitrogen and oxygen atoms in total. The zero-order valence-corrected chi connectivity index (χ0v) is 27.0. The molecule has 3 aliphatic rings. The summed E-state index contributed by atoms with van der Waals surface area (Å²) in [5.41, 5.74) is 2.07. The number of fused-ring (bicyclic) bond motifs is 3. The number of aryl methyl sites for hydroxylation is 2. The first-order valence-corrected chi connectivity index (χ1v) is 16.5. The van der Waals surface area contributed by atoms with E-state index in [-0.39, 0.29) is 41.2 Å². The number of benzene rings is 2. The highest BCUT2D eigenvalue weighted by Gasteiger charge is 2.67. The van der Waals surface area contributed by atoms with Gasteiger partial charge >= 0.3 is 6.09 Å². The van der Waals surface area contributed by atoms with Gasteiger partial charge < -0.3 is 19.1 Å². The molecule has 234 valence electrons. The predicted octanol–water partition coefficient (Wildman–Crippen LogP) is 4.62. The van der Waals surface area contributed by atoms with Crippen LogP contribution in [0.5, 0.6) is 0 Å². The Hall–Kier alpha value is -4.38. The van der Waals surface area contributed by atoms with E-state index in [4.69, 9.17) is 4.74 Å². The number of hydrogen-bond acceptors (Lipinski definition) is 6. The number of rotatable bonds is 4. The van der Waals surface area contributed by atoms with Crippen LogP contribution in [-0.4, -0.2) is 59.6 Å². The number of aromatic nitrogens is 2. The fourth-order valence-corrected chi connectivity index (χ4v) is 8.64. The molecule has 2 fully saturated rings. The van der Waals surface area contributed by atoms with Crippen LogP contribution in [0.15, 0.2) is 70.5 Å². The van der Waals surface area contributed by atoms with E-state index >= 15 is 0 Å². The normalized spacial score (nSPS) is 21.4. The molecule has 1 saturated carbocycles. The number of ether oxygens (including phenoxy) is 1. The summed E-state index contributed by atoms with van der Waals surface area (Å²) in [5, 5.41) is 0.515. The molecule has 0 radical (unpaired) electrons. The maximum atomic E-state index is 14.4.